The predicted octanol–water partition coefficient (Wildman–Crippen LogP) is 2.19. The quantitative estimate of drug-likeness (QED) is 0.893. The van der Waals surface area contributed by atoms with Gasteiger partial charge in [-0.3, -0.25) is 4.90 Å². The molecule has 1 aliphatic heterocycles. The third-order valence-corrected chi connectivity index (χ3v) is 4.33. The van der Waals surface area contributed by atoms with Crippen LogP contribution in [0.3, 0.4) is 0 Å². The minimum absolute atomic E-state index is 0.0762. The maximum absolute atomic E-state index is 10.9. The van der Waals surface area contributed by atoms with Crippen LogP contribution in [0.4, 0.5) is 0 Å². The summed E-state index contributed by atoms with van der Waals surface area (Å²) in [7, 11) is 0. The highest BCUT2D eigenvalue weighted by Gasteiger charge is 2.46. The number of aliphatic hydroxyl groups is 2. The van der Waals surface area contributed by atoms with E-state index in [1.54, 1.807) is 0 Å². The smallest absolute Gasteiger partial charge is 0.128 e. The van der Waals surface area contributed by atoms with Gasteiger partial charge in [-0.2, -0.15) is 0 Å². The number of hydrogen-bond donors (Lipinski definition) is 2. The van der Waals surface area contributed by atoms with Gasteiger partial charge in [0.2, 0.25) is 0 Å². The summed E-state index contributed by atoms with van der Waals surface area (Å²) in [6, 6.07) is 3.90. The van der Waals surface area contributed by atoms with Gasteiger partial charge in [0, 0.05) is 12.1 Å². The van der Waals surface area contributed by atoms with Crippen molar-refractivity contribution in [1.29, 1.82) is 0 Å². The highest BCUT2D eigenvalue weighted by Crippen LogP contribution is 2.44. The molecule has 4 nitrogen and oxygen atoms in total. The maximum Gasteiger partial charge on any atom is 0.128 e. The molecule has 0 aromatic heterocycles. The molecule has 1 aliphatic rings. The Labute approximate surface area is 127 Å². The van der Waals surface area contributed by atoms with Crippen LogP contribution >= 0.6 is 0 Å². The fraction of sp³-hybridized carbons (Fsp3) is 0.647. The van der Waals surface area contributed by atoms with Gasteiger partial charge in [0.1, 0.15) is 17.5 Å². The van der Waals surface area contributed by atoms with Crippen molar-refractivity contribution in [2.24, 2.45) is 0 Å². The van der Waals surface area contributed by atoms with Crippen molar-refractivity contribution in [2.45, 2.75) is 52.4 Å². The number of aryl methyl sites for hydroxylation is 2. The van der Waals surface area contributed by atoms with Crippen LogP contribution in [-0.2, 0) is 0 Å². The maximum atomic E-state index is 10.9. The fourth-order valence-electron chi connectivity index (χ4n) is 3.48. The molecule has 1 aromatic rings. The monoisotopic (exact) mass is 293 g/mol. The summed E-state index contributed by atoms with van der Waals surface area (Å²) in [6.07, 6.45) is -0.617. The van der Waals surface area contributed by atoms with E-state index >= 15 is 0 Å². The van der Waals surface area contributed by atoms with Crippen molar-refractivity contribution in [3.8, 4) is 5.75 Å². The first-order valence-electron chi connectivity index (χ1n) is 7.65. The number of hydrogen-bond acceptors (Lipinski definition) is 4. The van der Waals surface area contributed by atoms with Crippen molar-refractivity contribution in [3.63, 3.8) is 0 Å². The summed E-state index contributed by atoms with van der Waals surface area (Å²) in [6.45, 7) is 11.5. The first kappa shape index (κ1) is 16.3. The minimum Gasteiger partial charge on any atom is -0.485 e. The molecule has 2 atom stereocenters. The van der Waals surface area contributed by atoms with Gasteiger partial charge < -0.3 is 14.9 Å². The third-order valence-electron chi connectivity index (χ3n) is 4.33. The van der Waals surface area contributed by atoms with Crippen molar-refractivity contribution >= 4 is 0 Å². The second-order valence-corrected chi connectivity index (χ2v) is 6.45. The molecule has 0 saturated carbocycles. The summed E-state index contributed by atoms with van der Waals surface area (Å²) in [5.41, 5.74) is 2.52. The minimum atomic E-state index is -0.617. The third kappa shape index (κ3) is 2.93. The van der Waals surface area contributed by atoms with E-state index in [-0.39, 0.29) is 12.6 Å². The van der Waals surface area contributed by atoms with Gasteiger partial charge in [-0.15, -0.1) is 0 Å². The van der Waals surface area contributed by atoms with Crippen molar-refractivity contribution in [1.82, 2.24) is 4.90 Å². The Bertz CT molecular complexity index is 513. The Kier molecular flexibility index (Phi) is 4.61. The van der Waals surface area contributed by atoms with Crippen LogP contribution in [0.5, 0.6) is 5.75 Å². The molecule has 0 fully saturated rings. The van der Waals surface area contributed by atoms with Gasteiger partial charge in [-0.25, -0.2) is 0 Å². The highest BCUT2D eigenvalue weighted by atomic mass is 16.5. The molecule has 2 unspecified atom stereocenters. The largest absolute Gasteiger partial charge is 0.485 e. The molecule has 2 N–H and O–H groups in total. The van der Waals surface area contributed by atoms with Gasteiger partial charge in [0.25, 0.3) is 0 Å². The van der Waals surface area contributed by atoms with Crippen LogP contribution in [0.25, 0.3) is 0 Å². The molecule has 2 rings (SSSR count). The topological polar surface area (TPSA) is 52.9 Å². The van der Waals surface area contributed by atoms with Gasteiger partial charge >= 0.3 is 0 Å². The Balaban J connectivity index is 2.49. The second-order valence-electron chi connectivity index (χ2n) is 6.45. The van der Waals surface area contributed by atoms with E-state index in [9.17, 15) is 10.2 Å². The zero-order valence-corrected chi connectivity index (χ0v) is 13.7. The lowest BCUT2D eigenvalue weighted by Gasteiger charge is -2.48. The molecule has 0 bridgehead atoms. The molecule has 0 saturated heterocycles. The van der Waals surface area contributed by atoms with Crippen molar-refractivity contribution in [2.75, 3.05) is 19.7 Å². The number of fused-ring (bicyclic) bond motifs is 1. The molecule has 1 aromatic carbocycles. The van der Waals surface area contributed by atoms with Crippen molar-refractivity contribution < 1.29 is 14.9 Å². The Morgan fingerprint density at radius 1 is 1.29 bits per heavy atom. The number of benzene rings is 1. The normalized spacial score (nSPS) is 23.8. The van der Waals surface area contributed by atoms with E-state index in [2.05, 4.69) is 11.0 Å². The molecule has 118 valence electrons. The summed E-state index contributed by atoms with van der Waals surface area (Å²) in [4.78, 5) is 2.09. The van der Waals surface area contributed by atoms with E-state index in [0.717, 1.165) is 29.0 Å². The number of rotatable bonds is 4. The fourth-order valence-corrected chi connectivity index (χ4v) is 3.48. The Morgan fingerprint density at radius 3 is 2.52 bits per heavy atom. The zero-order chi connectivity index (χ0) is 15.8. The Morgan fingerprint density at radius 2 is 1.95 bits per heavy atom. The second kappa shape index (κ2) is 5.95. The molecule has 0 amide bonds. The molecular weight excluding hydrogens is 266 g/mol. The lowest BCUT2D eigenvalue weighted by Crippen LogP contribution is -2.58. The van der Waals surface area contributed by atoms with E-state index in [1.165, 1.54) is 0 Å². The first-order valence-corrected chi connectivity index (χ1v) is 7.65. The summed E-state index contributed by atoms with van der Waals surface area (Å²) < 4.78 is 6.23. The van der Waals surface area contributed by atoms with E-state index in [1.807, 2.05) is 40.7 Å². The molecule has 21 heavy (non-hydrogen) atoms. The lowest BCUT2D eigenvalue weighted by atomic mass is 9.83. The zero-order valence-electron chi connectivity index (χ0n) is 13.7. The molecule has 0 aliphatic carbocycles. The van der Waals surface area contributed by atoms with Gasteiger partial charge in [-0.1, -0.05) is 18.6 Å². The molecule has 0 radical (unpaired) electrons. The van der Waals surface area contributed by atoms with E-state index < -0.39 is 11.7 Å². The summed E-state index contributed by atoms with van der Waals surface area (Å²) >= 11 is 0. The first-order chi connectivity index (χ1) is 9.81. The number of likely N-dealkylation sites (N-methyl/N-ethyl adjacent to an activating group) is 1. The Hall–Kier alpha value is -1.10. The summed E-state index contributed by atoms with van der Waals surface area (Å²) in [5, 5.41) is 20.2. The highest BCUT2D eigenvalue weighted by molar-refractivity contribution is 5.48. The summed E-state index contributed by atoms with van der Waals surface area (Å²) in [5.74, 6) is 0.800. The SMILES string of the molecule is CCN(CCO)C1C(O)c2cc(C)cc(C)c2OC1(C)C. The molecule has 1 heterocycles. The van der Waals surface area contributed by atoms with Crippen LogP contribution < -0.4 is 4.74 Å². The molecule has 4 heteroatoms. The number of nitrogens with zero attached hydrogens (tertiary/aromatic N) is 1. The molecule has 0 spiro atoms. The predicted molar refractivity (Wildman–Crippen MR) is 83.7 cm³/mol. The van der Waals surface area contributed by atoms with Gasteiger partial charge in [0.05, 0.1) is 12.6 Å². The number of ether oxygens (including phenoxy) is 1. The van der Waals surface area contributed by atoms with Crippen LogP contribution in [0.2, 0.25) is 0 Å². The average molecular weight is 293 g/mol. The van der Waals surface area contributed by atoms with E-state index in [0.29, 0.717) is 6.54 Å². The van der Waals surface area contributed by atoms with Crippen LogP contribution in [0.15, 0.2) is 12.1 Å². The standard InChI is InChI=1S/C17H27NO3/c1-6-18(7-8-19)16-14(20)13-10-11(2)9-12(3)15(13)21-17(16,4)5/h9-10,14,16,19-20H,6-8H2,1-5H3. The van der Waals surface area contributed by atoms with Gasteiger partial charge in [0.15, 0.2) is 0 Å². The van der Waals surface area contributed by atoms with Crippen LogP contribution in [0.1, 0.15) is 43.6 Å². The average Bonchev–Trinajstić information content (AvgIpc) is 2.39. The van der Waals surface area contributed by atoms with Crippen LogP contribution in [-0.4, -0.2) is 46.5 Å². The molecular formula is C17H27NO3. The van der Waals surface area contributed by atoms with E-state index in [4.69, 9.17) is 4.74 Å². The van der Waals surface area contributed by atoms with Crippen LogP contribution in [0, 0.1) is 13.8 Å². The lowest BCUT2D eigenvalue weighted by molar-refractivity contribution is -0.0844. The number of aliphatic hydroxyl groups excluding tert-OH is 2. The van der Waals surface area contributed by atoms with Crippen molar-refractivity contribution in [3.05, 3.63) is 28.8 Å². The van der Waals surface area contributed by atoms with Gasteiger partial charge in [-0.05, 0) is 45.9 Å².